The number of carbonyl (C=O) groups excluding carboxylic acids is 5. The predicted octanol–water partition coefficient (Wildman–Crippen LogP) is 6.31. The molecule has 3 heterocycles. The minimum absolute atomic E-state index is 0.113. The molecule has 15 heteroatoms. The van der Waals surface area contributed by atoms with Gasteiger partial charge in [0.15, 0.2) is 6.29 Å². The first-order valence-corrected chi connectivity index (χ1v) is 16.9. The first-order chi connectivity index (χ1) is 20.6. The molecule has 43 heavy (non-hydrogen) atoms. The standard InChI is InChI=1S/C28H22O9S6/c1-13-6-8-14(9-7-13)15(12-29)28-38-16(10-18-40-20(24(30)34-2)21(41-18)25(31)35-3)17(39-28)11-19-42-22(26(32)36-4)23(43-19)27(33)37-5/h6-12H,1-5H3. The fourth-order valence-corrected chi connectivity index (χ4v) is 11.1. The van der Waals surface area contributed by atoms with Crippen LogP contribution in [0.4, 0.5) is 0 Å². The molecule has 0 atom stereocenters. The van der Waals surface area contributed by atoms with Crippen molar-refractivity contribution in [2.75, 3.05) is 28.4 Å². The number of methoxy groups -OCH3 is 4. The van der Waals surface area contributed by atoms with Gasteiger partial charge >= 0.3 is 23.9 Å². The van der Waals surface area contributed by atoms with E-state index in [1.165, 1.54) is 52.0 Å². The molecule has 9 nitrogen and oxygen atoms in total. The normalized spacial score (nSPS) is 16.4. The third-order valence-electron chi connectivity index (χ3n) is 5.55. The van der Waals surface area contributed by atoms with Crippen LogP contribution >= 0.6 is 70.6 Å². The molecule has 224 valence electrons. The Kier molecular flexibility index (Phi) is 11.5. The van der Waals surface area contributed by atoms with Crippen molar-refractivity contribution in [3.8, 4) is 0 Å². The van der Waals surface area contributed by atoms with E-state index in [-0.39, 0.29) is 19.6 Å². The number of benzene rings is 1. The van der Waals surface area contributed by atoms with Crippen LogP contribution < -0.4 is 0 Å². The second kappa shape index (κ2) is 14.9. The highest BCUT2D eigenvalue weighted by molar-refractivity contribution is 8.31. The van der Waals surface area contributed by atoms with Crippen LogP contribution in [0.5, 0.6) is 0 Å². The van der Waals surface area contributed by atoms with Crippen molar-refractivity contribution in [1.82, 2.24) is 0 Å². The molecule has 0 spiro atoms. The lowest BCUT2D eigenvalue weighted by molar-refractivity contribution is -0.138. The fraction of sp³-hybridized carbons (Fsp3) is 0.179. The number of aryl methyl sites for hydroxylation is 1. The van der Waals surface area contributed by atoms with Crippen LogP contribution in [0.25, 0.3) is 5.57 Å². The number of hydrogen-bond donors (Lipinski definition) is 0. The van der Waals surface area contributed by atoms with Crippen molar-refractivity contribution < 1.29 is 42.9 Å². The van der Waals surface area contributed by atoms with Gasteiger partial charge in [-0.1, -0.05) is 100 Å². The molecule has 0 aliphatic carbocycles. The molecule has 0 N–H and O–H groups in total. The van der Waals surface area contributed by atoms with Crippen LogP contribution in [-0.2, 0) is 42.9 Å². The third kappa shape index (κ3) is 7.52. The van der Waals surface area contributed by atoms with Crippen molar-refractivity contribution in [1.29, 1.82) is 0 Å². The van der Waals surface area contributed by atoms with Crippen molar-refractivity contribution in [2.45, 2.75) is 6.92 Å². The summed E-state index contributed by atoms with van der Waals surface area (Å²) in [6.07, 6.45) is 4.42. The zero-order valence-electron chi connectivity index (χ0n) is 23.2. The molecule has 0 bridgehead atoms. The Balaban J connectivity index is 1.77. The Morgan fingerprint density at radius 2 is 0.930 bits per heavy atom. The first kappa shape index (κ1) is 33.2. The maximum atomic E-state index is 12.4. The number of thioether (sulfide) groups is 6. The molecule has 0 unspecified atom stereocenters. The lowest BCUT2D eigenvalue weighted by Crippen LogP contribution is -2.08. The molecule has 0 radical (unpaired) electrons. The molecule has 0 saturated heterocycles. The Hall–Kier alpha value is -2.69. The van der Waals surface area contributed by atoms with Gasteiger partial charge in [0.1, 0.15) is 19.6 Å². The summed E-state index contributed by atoms with van der Waals surface area (Å²) in [5.41, 5.74) is 2.29. The van der Waals surface area contributed by atoms with Crippen molar-refractivity contribution in [3.05, 3.63) is 89.7 Å². The zero-order chi connectivity index (χ0) is 31.3. The van der Waals surface area contributed by atoms with Gasteiger partial charge < -0.3 is 18.9 Å². The van der Waals surface area contributed by atoms with Crippen LogP contribution in [0.1, 0.15) is 11.1 Å². The minimum atomic E-state index is -0.662. The van der Waals surface area contributed by atoms with E-state index in [0.717, 1.165) is 74.3 Å². The molecule has 0 aromatic heterocycles. The van der Waals surface area contributed by atoms with Gasteiger partial charge in [-0.15, -0.1) is 0 Å². The number of esters is 4. The Morgan fingerprint density at radius 3 is 1.23 bits per heavy atom. The van der Waals surface area contributed by atoms with Gasteiger partial charge in [0.25, 0.3) is 0 Å². The summed E-state index contributed by atoms with van der Waals surface area (Å²) < 4.78 is 21.4. The zero-order valence-corrected chi connectivity index (χ0v) is 28.1. The second-order valence-electron chi connectivity index (χ2n) is 8.24. The highest BCUT2D eigenvalue weighted by Crippen LogP contribution is 2.58. The van der Waals surface area contributed by atoms with E-state index in [1.54, 1.807) is 0 Å². The molecule has 1 aromatic carbocycles. The van der Waals surface area contributed by atoms with Gasteiger partial charge in [-0.05, 0) is 24.6 Å². The number of ether oxygens (including phenoxy) is 4. The maximum absolute atomic E-state index is 12.4. The van der Waals surface area contributed by atoms with Gasteiger partial charge in [0.2, 0.25) is 0 Å². The average Bonchev–Trinajstić information content (AvgIpc) is 3.74. The number of hydrogen-bond acceptors (Lipinski definition) is 15. The van der Waals surface area contributed by atoms with Crippen LogP contribution in [0, 0.1) is 6.92 Å². The lowest BCUT2D eigenvalue weighted by atomic mass is 10.1. The van der Waals surface area contributed by atoms with E-state index in [4.69, 9.17) is 18.9 Å². The topological polar surface area (TPSA) is 122 Å². The van der Waals surface area contributed by atoms with E-state index in [0.29, 0.717) is 18.3 Å². The Bertz CT molecular complexity index is 1450. The minimum Gasteiger partial charge on any atom is -0.465 e. The van der Waals surface area contributed by atoms with Gasteiger partial charge in [0, 0.05) is 15.4 Å². The molecular weight excluding hydrogens is 673 g/mol. The molecule has 0 amide bonds. The monoisotopic (exact) mass is 694 g/mol. The van der Waals surface area contributed by atoms with Crippen LogP contribution in [-0.4, -0.2) is 58.6 Å². The molecule has 3 aliphatic heterocycles. The van der Waals surface area contributed by atoms with E-state index in [2.05, 4.69) is 0 Å². The lowest BCUT2D eigenvalue weighted by Gasteiger charge is -2.05. The fourth-order valence-electron chi connectivity index (χ4n) is 3.47. The number of rotatable bonds is 8. The molecule has 0 fully saturated rings. The number of carbonyl (C=O) groups is 5. The molecular formula is C28H22O9S6. The summed E-state index contributed by atoms with van der Waals surface area (Å²) in [6.45, 7) is 1.96. The summed E-state index contributed by atoms with van der Waals surface area (Å²) in [5, 5.41) is 0. The SMILES string of the molecule is COC(=O)C1=C(C(=O)OC)SC(=CC2=C(C=C3SC(C(=O)OC)=C(C(=O)OC)S3)SC(=C(C=O)c3ccc(C)cc3)S2)S1. The summed E-state index contributed by atoms with van der Waals surface area (Å²) in [4.78, 5) is 63.8. The average molecular weight is 695 g/mol. The van der Waals surface area contributed by atoms with Crippen molar-refractivity contribution >= 4 is 106 Å². The predicted molar refractivity (Wildman–Crippen MR) is 175 cm³/mol. The highest BCUT2D eigenvalue weighted by atomic mass is 32.2. The summed E-state index contributed by atoms with van der Waals surface area (Å²) in [5.74, 6) is -2.65. The van der Waals surface area contributed by atoms with Gasteiger partial charge in [0.05, 0.1) is 41.2 Å². The van der Waals surface area contributed by atoms with E-state index in [1.807, 2.05) is 43.3 Å². The molecule has 1 aromatic rings. The molecule has 0 saturated carbocycles. The third-order valence-corrected chi connectivity index (χ3v) is 12.9. The molecule has 4 rings (SSSR count). The largest absolute Gasteiger partial charge is 0.465 e. The highest BCUT2D eigenvalue weighted by Gasteiger charge is 2.35. The Labute approximate surface area is 272 Å². The van der Waals surface area contributed by atoms with Gasteiger partial charge in [-0.3, -0.25) is 4.79 Å². The van der Waals surface area contributed by atoms with Crippen molar-refractivity contribution in [2.24, 2.45) is 0 Å². The quantitative estimate of drug-likeness (QED) is 0.131. The van der Waals surface area contributed by atoms with E-state index >= 15 is 0 Å². The molecule has 3 aliphatic rings. The van der Waals surface area contributed by atoms with Gasteiger partial charge in [-0.2, -0.15) is 0 Å². The van der Waals surface area contributed by atoms with E-state index in [9.17, 15) is 24.0 Å². The second-order valence-corrected chi connectivity index (χ2v) is 15.3. The van der Waals surface area contributed by atoms with Gasteiger partial charge in [-0.25, -0.2) is 19.2 Å². The van der Waals surface area contributed by atoms with Crippen LogP contribution in [0.2, 0.25) is 0 Å². The van der Waals surface area contributed by atoms with Crippen LogP contribution in [0.3, 0.4) is 0 Å². The Morgan fingerprint density at radius 1 is 0.581 bits per heavy atom. The maximum Gasteiger partial charge on any atom is 0.346 e. The smallest absolute Gasteiger partial charge is 0.346 e. The number of allylic oxidation sites excluding steroid dienone is 3. The van der Waals surface area contributed by atoms with Crippen LogP contribution in [0.15, 0.2) is 78.6 Å². The van der Waals surface area contributed by atoms with E-state index < -0.39 is 23.9 Å². The first-order valence-electron chi connectivity index (χ1n) is 12.0. The van der Waals surface area contributed by atoms with Crippen molar-refractivity contribution in [3.63, 3.8) is 0 Å². The summed E-state index contributed by atoms with van der Waals surface area (Å²) >= 11 is 7.02. The number of aldehydes is 1. The summed E-state index contributed by atoms with van der Waals surface area (Å²) in [6, 6.07) is 7.58. The summed E-state index contributed by atoms with van der Waals surface area (Å²) in [7, 11) is 4.92.